The van der Waals surface area contributed by atoms with Gasteiger partial charge in [0.25, 0.3) is 0 Å². The van der Waals surface area contributed by atoms with Crippen LogP contribution in [0.2, 0.25) is 0 Å². The number of hydrogen-bond acceptors (Lipinski definition) is 9. The van der Waals surface area contributed by atoms with Gasteiger partial charge in [-0.15, -0.1) is 0 Å². The molecule has 0 unspecified atom stereocenters. The highest BCUT2D eigenvalue weighted by Gasteiger charge is 2.25. The van der Waals surface area contributed by atoms with Gasteiger partial charge in [-0.1, -0.05) is 0 Å². The maximum Gasteiger partial charge on any atom is 0.155 e. The van der Waals surface area contributed by atoms with Crippen LogP contribution in [0.4, 0.5) is 15.9 Å². The Bertz CT molecular complexity index is 1900. The van der Waals surface area contributed by atoms with Crippen LogP contribution in [-0.4, -0.2) is 86.3 Å². The Morgan fingerprint density at radius 3 is 2.69 bits per heavy atom. The summed E-state index contributed by atoms with van der Waals surface area (Å²) in [5.41, 5.74) is 12.8. The quantitative estimate of drug-likeness (QED) is 0.217. The molecule has 42 heavy (non-hydrogen) atoms. The number of fused-ring (bicyclic) bond motifs is 2. The van der Waals surface area contributed by atoms with Crippen LogP contribution < -0.4 is 16.0 Å². The molecule has 0 atom stereocenters. The van der Waals surface area contributed by atoms with Gasteiger partial charge in [0.2, 0.25) is 0 Å². The lowest BCUT2D eigenvalue weighted by atomic mass is 10.0. The van der Waals surface area contributed by atoms with E-state index in [0.717, 1.165) is 75.5 Å². The summed E-state index contributed by atoms with van der Waals surface area (Å²) < 4.78 is 14.7. The number of nitrogens with one attached hydrogen (secondary N) is 3. The molecule has 1 aromatic carbocycles. The molecule has 1 saturated heterocycles. The lowest BCUT2D eigenvalue weighted by Gasteiger charge is -2.37. The summed E-state index contributed by atoms with van der Waals surface area (Å²) in [6.07, 6.45) is 8.77. The van der Waals surface area contributed by atoms with Gasteiger partial charge < -0.3 is 25.8 Å². The molecular weight excluding hydrogens is 533 g/mol. The number of benzene rings is 1. The third kappa shape index (κ3) is 4.91. The smallest absolute Gasteiger partial charge is 0.155 e. The number of rotatable bonds is 8. The van der Waals surface area contributed by atoms with Gasteiger partial charge in [-0.3, -0.25) is 15.1 Å². The molecule has 1 aliphatic heterocycles. The zero-order chi connectivity index (χ0) is 28.8. The molecule has 6 heterocycles. The fourth-order valence-corrected chi connectivity index (χ4v) is 5.28. The van der Waals surface area contributed by atoms with Crippen molar-refractivity contribution in [3.63, 3.8) is 0 Å². The molecular formula is C30H30FN11. The molecule has 0 saturated carbocycles. The van der Waals surface area contributed by atoms with Gasteiger partial charge in [-0.25, -0.2) is 14.4 Å². The van der Waals surface area contributed by atoms with E-state index in [-0.39, 0.29) is 11.9 Å². The fourth-order valence-electron chi connectivity index (χ4n) is 5.28. The number of aromatic amines is 2. The summed E-state index contributed by atoms with van der Waals surface area (Å²) in [5.74, 6) is 0.486. The van der Waals surface area contributed by atoms with E-state index in [2.05, 4.69) is 45.2 Å². The molecule has 5 N–H and O–H groups in total. The Kier molecular flexibility index (Phi) is 6.48. The standard InChI is InChI=1S/C30H30FN11/c1-41(2)4-3-35-21-6-17(5-19(31)8-21)24-11-33-13-27-22(24)9-25(37-27)29-23-7-18(10-36-30(23)40-39-29)26-12-34-14-28(38-26)42-15-20(32)16-42/h5-14,20,35,37H,3-4,15-16,32H2,1-2H3,(H,36,39,40). The van der Waals surface area contributed by atoms with Crippen LogP contribution in [0, 0.1) is 5.82 Å². The maximum atomic E-state index is 14.7. The number of nitrogens with two attached hydrogens (primary N) is 1. The molecule has 212 valence electrons. The molecule has 7 rings (SSSR count). The van der Waals surface area contributed by atoms with E-state index in [1.807, 2.05) is 32.3 Å². The van der Waals surface area contributed by atoms with Crippen LogP contribution in [-0.2, 0) is 0 Å². The van der Waals surface area contributed by atoms with Crippen molar-refractivity contribution in [2.24, 2.45) is 5.73 Å². The van der Waals surface area contributed by atoms with Crippen LogP contribution in [0.25, 0.3) is 55.7 Å². The third-order valence-corrected chi connectivity index (χ3v) is 7.47. The van der Waals surface area contributed by atoms with E-state index >= 15 is 0 Å². The van der Waals surface area contributed by atoms with Crippen LogP contribution >= 0.6 is 0 Å². The first-order valence-electron chi connectivity index (χ1n) is 13.7. The van der Waals surface area contributed by atoms with Gasteiger partial charge in [0.1, 0.15) is 17.3 Å². The van der Waals surface area contributed by atoms with Gasteiger partial charge in [-0.2, -0.15) is 5.10 Å². The predicted octanol–water partition coefficient (Wildman–Crippen LogP) is 3.89. The Hall–Kier alpha value is -4.94. The SMILES string of the molecule is CN(C)CCNc1cc(F)cc(-c2cncc3[nH]c(-c4n[nH]c5ncc(-c6cncc(N7CC(N)C7)n6)cc45)cc23)c1. The van der Waals surface area contributed by atoms with Crippen molar-refractivity contribution >= 4 is 33.4 Å². The molecule has 6 aromatic rings. The van der Waals surface area contributed by atoms with E-state index in [1.54, 1.807) is 31.0 Å². The van der Waals surface area contributed by atoms with Crippen molar-refractivity contribution < 1.29 is 4.39 Å². The van der Waals surface area contributed by atoms with Crippen molar-refractivity contribution in [1.29, 1.82) is 0 Å². The normalized spacial score (nSPS) is 13.8. The summed E-state index contributed by atoms with van der Waals surface area (Å²) in [6, 6.07) is 9.19. The molecule has 5 aromatic heterocycles. The van der Waals surface area contributed by atoms with Crippen molar-refractivity contribution in [2.75, 3.05) is 50.5 Å². The van der Waals surface area contributed by atoms with E-state index < -0.39 is 0 Å². The Balaban J connectivity index is 1.24. The number of likely N-dealkylation sites (N-methyl/N-ethyl adjacent to an activating group) is 1. The van der Waals surface area contributed by atoms with Crippen molar-refractivity contribution in [1.82, 2.24) is 40.0 Å². The summed E-state index contributed by atoms with van der Waals surface area (Å²) in [6.45, 7) is 3.07. The summed E-state index contributed by atoms with van der Waals surface area (Å²) in [4.78, 5) is 25.9. The zero-order valence-corrected chi connectivity index (χ0v) is 23.3. The highest BCUT2D eigenvalue weighted by molar-refractivity contribution is 6.00. The third-order valence-electron chi connectivity index (χ3n) is 7.47. The summed E-state index contributed by atoms with van der Waals surface area (Å²) in [7, 11) is 4.01. The number of pyridine rings is 2. The molecule has 0 bridgehead atoms. The molecule has 0 aliphatic carbocycles. The number of hydrogen-bond donors (Lipinski definition) is 4. The minimum atomic E-state index is -0.311. The molecule has 1 fully saturated rings. The molecule has 12 heteroatoms. The topological polar surface area (TPSA) is 141 Å². The predicted molar refractivity (Wildman–Crippen MR) is 163 cm³/mol. The first-order chi connectivity index (χ1) is 20.4. The van der Waals surface area contributed by atoms with E-state index in [1.165, 1.54) is 12.1 Å². The van der Waals surface area contributed by atoms with Gasteiger partial charge in [0.05, 0.1) is 35.5 Å². The largest absolute Gasteiger partial charge is 0.384 e. The molecule has 0 radical (unpaired) electrons. The number of nitrogens with zero attached hydrogens (tertiary/aromatic N) is 7. The summed E-state index contributed by atoms with van der Waals surface area (Å²) >= 11 is 0. The van der Waals surface area contributed by atoms with Gasteiger partial charge in [-0.05, 0) is 50.0 Å². The minimum Gasteiger partial charge on any atom is -0.384 e. The number of halogens is 1. The second-order valence-corrected chi connectivity index (χ2v) is 10.9. The fraction of sp³-hybridized carbons (Fsp3) is 0.233. The Morgan fingerprint density at radius 1 is 1.00 bits per heavy atom. The first-order valence-corrected chi connectivity index (χ1v) is 13.7. The first kappa shape index (κ1) is 26.0. The highest BCUT2D eigenvalue weighted by Crippen LogP contribution is 2.35. The zero-order valence-electron chi connectivity index (χ0n) is 23.3. The minimum absolute atomic E-state index is 0.168. The van der Waals surface area contributed by atoms with Crippen LogP contribution in [0.1, 0.15) is 0 Å². The number of H-pyrrole nitrogens is 2. The molecule has 0 amide bonds. The summed E-state index contributed by atoms with van der Waals surface area (Å²) in [5, 5.41) is 12.7. The van der Waals surface area contributed by atoms with E-state index in [0.29, 0.717) is 17.9 Å². The van der Waals surface area contributed by atoms with Crippen molar-refractivity contribution in [2.45, 2.75) is 6.04 Å². The Labute approximate surface area is 241 Å². The van der Waals surface area contributed by atoms with E-state index in [4.69, 9.17) is 10.7 Å². The van der Waals surface area contributed by atoms with Crippen molar-refractivity contribution in [3.8, 4) is 33.8 Å². The maximum absolute atomic E-state index is 14.7. The average molecular weight is 564 g/mol. The second kappa shape index (κ2) is 10.5. The molecule has 0 spiro atoms. The van der Waals surface area contributed by atoms with Gasteiger partial charge >= 0.3 is 0 Å². The van der Waals surface area contributed by atoms with Crippen molar-refractivity contribution in [3.05, 3.63) is 67.1 Å². The van der Waals surface area contributed by atoms with Crippen LogP contribution in [0.5, 0.6) is 0 Å². The lowest BCUT2D eigenvalue weighted by molar-refractivity contribution is 0.425. The molecule has 11 nitrogen and oxygen atoms in total. The number of aromatic nitrogens is 7. The van der Waals surface area contributed by atoms with E-state index in [9.17, 15) is 4.39 Å². The Morgan fingerprint density at radius 2 is 1.86 bits per heavy atom. The monoisotopic (exact) mass is 563 g/mol. The molecule has 1 aliphatic rings. The van der Waals surface area contributed by atoms with Crippen LogP contribution in [0.15, 0.2) is 61.3 Å². The lowest BCUT2D eigenvalue weighted by Crippen LogP contribution is -2.56. The number of anilines is 2. The average Bonchev–Trinajstić information content (AvgIpc) is 3.59. The highest BCUT2D eigenvalue weighted by atomic mass is 19.1. The second-order valence-electron chi connectivity index (χ2n) is 10.9. The van der Waals surface area contributed by atoms with Crippen LogP contribution in [0.3, 0.4) is 0 Å². The van der Waals surface area contributed by atoms with Gasteiger partial charge in [0, 0.05) is 72.2 Å². The van der Waals surface area contributed by atoms with Gasteiger partial charge in [0.15, 0.2) is 5.65 Å².